The normalized spacial score (nSPS) is 10.9. The Labute approximate surface area is 149 Å². The lowest BCUT2D eigenvalue weighted by molar-refractivity contribution is 0.788. The second-order valence-electron chi connectivity index (χ2n) is 5.60. The van der Waals surface area contributed by atoms with Crippen molar-refractivity contribution in [3.8, 4) is 0 Å². The molecule has 0 aliphatic carbocycles. The summed E-state index contributed by atoms with van der Waals surface area (Å²) < 4.78 is 3.79. The maximum Gasteiger partial charge on any atom is 0.156 e. The van der Waals surface area contributed by atoms with Gasteiger partial charge >= 0.3 is 0 Å². The average molecular weight is 363 g/mol. The molecule has 4 aromatic heterocycles. The van der Waals surface area contributed by atoms with E-state index in [0.29, 0.717) is 0 Å². The lowest BCUT2D eigenvalue weighted by atomic mass is 10.3. The van der Waals surface area contributed by atoms with Crippen LogP contribution in [0.5, 0.6) is 0 Å². The standard InChI is InChI=1S/2C8H11N3S/c1-5-4-6-7(9-2)11(3)10-8(6)12-5;1-5-4-6-7(9-2)10-11(3)8(6)12-5/h4,9H,1-3H3;4H,1-3H3,(H,9,10). The predicted octanol–water partition coefficient (Wildman–Crippen LogP) is 3.97. The molecule has 4 aromatic rings. The van der Waals surface area contributed by atoms with Crippen molar-refractivity contribution in [2.75, 3.05) is 24.7 Å². The van der Waals surface area contributed by atoms with E-state index in [1.807, 2.05) is 37.6 Å². The monoisotopic (exact) mass is 362 g/mol. The fourth-order valence-corrected chi connectivity index (χ4v) is 4.58. The zero-order valence-electron chi connectivity index (χ0n) is 14.8. The van der Waals surface area contributed by atoms with Gasteiger partial charge in [-0.3, -0.25) is 9.36 Å². The molecule has 4 rings (SSSR count). The number of hydrogen-bond donors (Lipinski definition) is 2. The van der Waals surface area contributed by atoms with E-state index in [1.165, 1.54) is 25.4 Å². The van der Waals surface area contributed by atoms with Crippen LogP contribution in [0.1, 0.15) is 9.75 Å². The third kappa shape index (κ3) is 2.87. The maximum atomic E-state index is 4.38. The molecule has 128 valence electrons. The topological polar surface area (TPSA) is 59.7 Å². The van der Waals surface area contributed by atoms with E-state index in [2.05, 4.69) is 46.8 Å². The third-order valence-corrected chi connectivity index (χ3v) is 5.82. The zero-order valence-corrected chi connectivity index (χ0v) is 16.4. The van der Waals surface area contributed by atoms with Crippen LogP contribution in [0.15, 0.2) is 12.1 Å². The highest BCUT2D eigenvalue weighted by atomic mass is 32.1. The van der Waals surface area contributed by atoms with Crippen LogP contribution in [0.3, 0.4) is 0 Å². The number of aryl methyl sites for hydroxylation is 4. The number of thiophene rings is 2. The van der Waals surface area contributed by atoms with Crippen molar-refractivity contribution in [3.05, 3.63) is 21.9 Å². The number of nitrogens with one attached hydrogen (secondary N) is 2. The molecule has 0 radical (unpaired) electrons. The number of fused-ring (bicyclic) bond motifs is 2. The van der Waals surface area contributed by atoms with Crippen molar-refractivity contribution in [1.82, 2.24) is 19.6 Å². The first-order valence-electron chi connectivity index (χ1n) is 7.66. The predicted molar refractivity (Wildman–Crippen MR) is 106 cm³/mol. The number of aromatic nitrogens is 4. The van der Waals surface area contributed by atoms with Crippen LogP contribution in [0.4, 0.5) is 11.6 Å². The first-order valence-corrected chi connectivity index (χ1v) is 9.29. The molecule has 0 unspecified atom stereocenters. The molecule has 4 heterocycles. The van der Waals surface area contributed by atoms with Crippen LogP contribution in [0.25, 0.3) is 20.4 Å². The van der Waals surface area contributed by atoms with Crippen molar-refractivity contribution >= 4 is 54.7 Å². The molecular formula is C16H22N6S2. The minimum Gasteiger partial charge on any atom is -0.373 e. The summed E-state index contributed by atoms with van der Waals surface area (Å²) in [4.78, 5) is 4.98. The second kappa shape index (κ2) is 6.45. The highest BCUT2D eigenvalue weighted by Crippen LogP contribution is 2.30. The Morgan fingerprint density at radius 2 is 1.54 bits per heavy atom. The summed E-state index contributed by atoms with van der Waals surface area (Å²) in [5.41, 5.74) is 0. The van der Waals surface area contributed by atoms with Gasteiger partial charge in [-0.15, -0.1) is 22.7 Å². The first kappa shape index (κ1) is 16.8. The first-order chi connectivity index (χ1) is 11.4. The molecule has 0 fully saturated rings. The van der Waals surface area contributed by atoms with Crippen LogP contribution in [0.2, 0.25) is 0 Å². The summed E-state index contributed by atoms with van der Waals surface area (Å²) >= 11 is 3.51. The lowest BCUT2D eigenvalue weighted by Gasteiger charge is -1.98. The Morgan fingerprint density at radius 1 is 0.875 bits per heavy atom. The summed E-state index contributed by atoms with van der Waals surface area (Å²) in [6, 6.07) is 4.33. The van der Waals surface area contributed by atoms with Gasteiger partial charge < -0.3 is 10.6 Å². The third-order valence-electron chi connectivity index (χ3n) is 3.76. The SMILES string of the molecule is CNc1c2cc(C)sc2nn1C.CNc1nn(C)c2sc(C)cc12. The molecule has 0 atom stereocenters. The summed E-state index contributed by atoms with van der Waals surface area (Å²) in [5.74, 6) is 2.06. The van der Waals surface area contributed by atoms with E-state index in [-0.39, 0.29) is 0 Å². The molecule has 0 aromatic carbocycles. The van der Waals surface area contributed by atoms with Gasteiger partial charge in [0.1, 0.15) is 15.5 Å². The fourth-order valence-electron chi connectivity index (χ4n) is 2.75. The van der Waals surface area contributed by atoms with E-state index < -0.39 is 0 Å². The van der Waals surface area contributed by atoms with Gasteiger partial charge in [-0.25, -0.2) is 0 Å². The van der Waals surface area contributed by atoms with E-state index in [1.54, 1.807) is 22.7 Å². The van der Waals surface area contributed by atoms with Crippen LogP contribution >= 0.6 is 22.7 Å². The van der Waals surface area contributed by atoms with E-state index >= 15 is 0 Å². The number of anilines is 2. The van der Waals surface area contributed by atoms with Crippen molar-refractivity contribution in [2.45, 2.75) is 13.8 Å². The highest BCUT2D eigenvalue weighted by molar-refractivity contribution is 7.19. The highest BCUT2D eigenvalue weighted by Gasteiger charge is 2.09. The molecule has 0 amide bonds. The molecule has 0 aliphatic rings. The number of nitrogens with zero attached hydrogens (tertiary/aromatic N) is 4. The van der Waals surface area contributed by atoms with Crippen LogP contribution in [-0.2, 0) is 14.1 Å². The van der Waals surface area contributed by atoms with Gasteiger partial charge in [-0.05, 0) is 26.0 Å². The molecule has 0 bridgehead atoms. The molecule has 24 heavy (non-hydrogen) atoms. The summed E-state index contributed by atoms with van der Waals surface area (Å²) in [6.45, 7) is 4.22. The molecule has 6 nitrogen and oxygen atoms in total. The van der Waals surface area contributed by atoms with Gasteiger partial charge in [0, 0.05) is 37.9 Å². The van der Waals surface area contributed by atoms with Gasteiger partial charge in [-0.1, -0.05) is 0 Å². The average Bonchev–Trinajstić information content (AvgIpc) is 3.22. The summed E-state index contributed by atoms with van der Waals surface area (Å²) in [7, 11) is 7.74. The molecule has 0 spiro atoms. The van der Waals surface area contributed by atoms with Crippen LogP contribution in [-0.4, -0.2) is 33.7 Å². The van der Waals surface area contributed by atoms with Gasteiger partial charge in [0.05, 0.1) is 10.8 Å². The van der Waals surface area contributed by atoms with E-state index in [0.717, 1.165) is 16.5 Å². The van der Waals surface area contributed by atoms with Crippen LogP contribution < -0.4 is 10.6 Å². The van der Waals surface area contributed by atoms with Crippen molar-refractivity contribution in [1.29, 1.82) is 0 Å². The molecular weight excluding hydrogens is 340 g/mol. The summed E-state index contributed by atoms with van der Waals surface area (Å²) in [5, 5.41) is 17.4. The second-order valence-corrected chi connectivity index (χ2v) is 8.07. The molecule has 8 heteroatoms. The molecule has 2 N–H and O–H groups in total. The van der Waals surface area contributed by atoms with Crippen LogP contribution in [0, 0.1) is 13.8 Å². The Bertz CT molecular complexity index is 987. The smallest absolute Gasteiger partial charge is 0.156 e. The summed E-state index contributed by atoms with van der Waals surface area (Å²) in [6.07, 6.45) is 0. The van der Waals surface area contributed by atoms with Gasteiger partial charge in [0.25, 0.3) is 0 Å². The molecule has 0 saturated carbocycles. The zero-order chi connectivity index (χ0) is 17.4. The lowest BCUT2D eigenvalue weighted by Crippen LogP contribution is -1.98. The number of hydrogen-bond acceptors (Lipinski definition) is 6. The molecule has 0 saturated heterocycles. The largest absolute Gasteiger partial charge is 0.373 e. The maximum absolute atomic E-state index is 4.38. The van der Waals surface area contributed by atoms with Gasteiger partial charge in [0.15, 0.2) is 5.82 Å². The Morgan fingerprint density at radius 3 is 2.21 bits per heavy atom. The minimum absolute atomic E-state index is 0.969. The van der Waals surface area contributed by atoms with Gasteiger partial charge in [0.2, 0.25) is 0 Å². The van der Waals surface area contributed by atoms with E-state index in [9.17, 15) is 0 Å². The Hall–Kier alpha value is -2.06. The minimum atomic E-state index is 0.969. The van der Waals surface area contributed by atoms with Crippen molar-refractivity contribution < 1.29 is 0 Å². The molecule has 0 aliphatic heterocycles. The van der Waals surface area contributed by atoms with Gasteiger partial charge in [-0.2, -0.15) is 10.2 Å². The van der Waals surface area contributed by atoms with Crippen molar-refractivity contribution in [2.24, 2.45) is 14.1 Å². The Balaban J connectivity index is 0.000000141. The Kier molecular flexibility index (Phi) is 4.51. The van der Waals surface area contributed by atoms with E-state index in [4.69, 9.17) is 0 Å². The quantitative estimate of drug-likeness (QED) is 0.566. The fraction of sp³-hybridized carbons (Fsp3) is 0.375. The number of rotatable bonds is 2. The van der Waals surface area contributed by atoms with Crippen molar-refractivity contribution in [3.63, 3.8) is 0 Å².